The van der Waals surface area contributed by atoms with Crippen LogP contribution in [-0.4, -0.2) is 37.9 Å². The molecule has 0 radical (unpaired) electrons. The minimum atomic E-state index is -0.563. The van der Waals surface area contributed by atoms with Crippen LogP contribution in [0, 0.1) is 0 Å². The lowest BCUT2D eigenvalue weighted by Gasteiger charge is -2.18. The fourth-order valence-corrected chi connectivity index (χ4v) is 7.65. The highest BCUT2D eigenvalue weighted by molar-refractivity contribution is 5.70. The van der Waals surface area contributed by atoms with Gasteiger partial charge in [0.15, 0.2) is 6.10 Å². The second-order valence-electron chi connectivity index (χ2n) is 18.1. The fraction of sp³-hybridized carbons (Fsp3) is 0.763. The first kappa shape index (κ1) is 61.3. The number of carbonyl (C=O) groups excluding carboxylic acids is 2. The molecule has 0 saturated carbocycles. The highest BCUT2D eigenvalue weighted by atomic mass is 16.6. The Bertz CT molecular complexity index is 1150. The molecule has 1 unspecified atom stereocenters. The standard InChI is InChI=1S/C59H104O5/c1-4-7-10-13-16-19-22-25-27-29-31-33-36-39-42-45-48-51-54-62-55-57(64-59(61)53-50-47-44-41-38-34-24-21-18-15-12-9-6-3)56-63-58(60)52-49-46-43-40-37-35-32-30-28-26-23-20-17-14-11-8-5-2/h7,10,16,19,21,24-25,27,31,33,39,42,57H,4-6,8-9,11-15,17-18,20,22-23,26,28-30,32,34-38,40-41,43-56H2,1-3H3/b10-7-,19-16-,24-21-,27-25-,33-31-,42-39-. The predicted molar refractivity (Wildman–Crippen MR) is 279 cm³/mol. The summed E-state index contributed by atoms with van der Waals surface area (Å²) in [5.41, 5.74) is 0. The van der Waals surface area contributed by atoms with Gasteiger partial charge in [-0.3, -0.25) is 9.59 Å². The molecule has 64 heavy (non-hydrogen) atoms. The largest absolute Gasteiger partial charge is 0.462 e. The summed E-state index contributed by atoms with van der Waals surface area (Å²) >= 11 is 0. The number of ether oxygens (including phenoxy) is 3. The SMILES string of the molecule is CC/C=C\C/C=C\C/C=C\C/C=C\C/C=C\CCCCOCC(COC(=O)CCCCCCCCCCCCCCCCCCC)OC(=O)CCCCCCC/C=C\CCCCCC. The molecule has 0 rings (SSSR count). The van der Waals surface area contributed by atoms with Crippen molar-refractivity contribution in [3.63, 3.8) is 0 Å². The van der Waals surface area contributed by atoms with E-state index in [0.29, 0.717) is 19.4 Å². The van der Waals surface area contributed by atoms with Crippen molar-refractivity contribution in [1.82, 2.24) is 0 Å². The Kier molecular flexibility index (Phi) is 52.4. The summed E-state index contributed by atoms with van der Waals surface area (Å²) in [6, 6.07) is 0. The van der Waals surface area contributed by atoms with Gasteiger partial charge in [-0.25, -0.2) is 0 Å². The van der Waals surface area contributed by atoms with Crippen molar-refractivity contribution >= 4 is 11.9 Å². The van der Waals surface area contributed by atoms with E-state index in [0.717, 1.165) is 89.9 Å². The Morgan fingerprint density at radius 3 is 1.16 bits per heavy atom. The number of carbonyl (C=O) groups is 2. The summed E-state index contributed by atoms with van der Waals surface area (Å²) in [5, 5.41) is 0. The molecule has 5 nitrogen and oxygen atoms in total. The first-order chi connectivity index (χ1) is 31.6. The molecule has 0 N–H and O–H groups in total. The van der Waals surface area contributed by atoms with Crippen LogP contribution in [-0.2, 0) is 23.8 Å². The van der Waals surface area contributed by atoms with Crippen LogP contribution in [0.4, 0.5) is 0 Å². The second-order valence-corrected chi connectivity index (χ2v) is 18.1. The predicted octanol–water partition coefficient (Wildman–Crippen LogP) is 18.7. The molecule has 0 aromatic heterocycles. The van der Waals surface area contributed by atoms with Crippen LogP contribution in [0.25, 0.3) is 0 Å². The molecule has 0 aromatic rings. The molecule has 0 aromatic carbocycles. The van der Waals surface area contributed by atoms with Crippen molar-refractivity contribution in [2.45, 2.75) is 271 Å². The average molecular weight is 893 g/mol. The van der Waals surface area contributed by atoms with Crippen molar-refractivity contribution in [3.05, 3.63) is 72.9 Å². The fourth-order valence-electron chi connectivity index (χ4n) is 7.65. The van der Waals surface area contributed by atoms with E-state index in [1.165, 1.54) is 141 Å². The average Bonchev–Trinajstić information content (AvgIpc) is 3.30. The molecule has 0 aliphatic heterocycles. The molecule has 0 saturated heterocycles. The Morgan fingerprint density at radius 2 is 0.703 bits per heavy atom. The third kappa shape index (κ3) is 52.0. The van der Waals surface area contributed by atoms with Crippen LogP contribution in [0.15, 0.2) is 72.9 Å². The third-order valence-electron chi connectivity index (χ3n) is 11.7. The zero-order valence-corrected chi connectivity index (χ0v) is 42.5. The lowest BCUT2D eigenvalue weighted by Crippen LogP contribution is -2.30. The van der Waals surface area contributed by atoms with E-state index >= 15 is 0 Å². The molecule has 0 bridgehead atoms. The summed E-state index contributed by atoms with van der Waals surface area (Å²) < 4.78 is 17.4. The maximum Gasteiger partial charge on any atom is 0.306 e. The third-order valence-corrected chi connectivity index (χ3v) is 11.7. The van der Waals surface area contributed by atoms with Gasteiger partial charge in [-0.1, -0.05) is 235 Å². The van der Waals surface area contributed by atoms with Crippen molar-refractivity contribution in [3.8, 4) is 0 Å². The molecule has 0 aliphatic rings. The zero-order valence-electron chi connectivity index (χ0n) is 42.5. The first-order valence-electron chi connectivity index (χ1n) is 27.5. The molecule has 0 fully saturated rings. The van der Waals surface area contributed by atoms with Gasteiger partial charge in [0.1, 0.15) is 6.61 Å². The van der Waals surface area contributed by atoms with Crippen molar-refractivity contribution in [1.29, 1.82) is 0 Å². The minimum absolute atomic E-state index is 0.0652. The van der Waals surface area contributed by atoms with Gasteiger partial charge in [0.05, 0.1) is 6.61 Å². The summed E-state index contributed by atoms with van der Waals surface area (Å²) in [7, 11) is 0. The van der Waals surface area contributed by atoms with Crippen LogP contribution in [0.5, 0.6) is 0 Å². The molecule has 0 heterocycles. The van der Waals surface area contributed by atoms with Gasteiger partial charge < -0.3 is 14.2 Å². The summed E-state index contributed by atoms with van der Waals surface area (Å²) in [6.07, 6.45) is 70.6. The number of unbranched alkanes of at least 4 members (excludes halogenated alkanes) is 27. The number of esters is 2. The van der Waals surface area contributed by atoms with Crippen LogP contribution in [0.3, 0.4) is 0 Å². The van der Waals surface area contributed by atoms with Gasteiger partial charge in [0.2, 0.25) is 0 Å². The Balaban J connectivity index is 4.32. The maximum absolute atomic E-state index is 12.8. The molecule has 0 amide bonds. The Morgan fingerprint density at radius 1 is 0.359 bits per heavy atom. The molecule has 1 atom stereocenters. The summed E-state index contributed by atoms with van der Waals surface area (Å²) in [5.74, 6) is -0.423. The van der Waals surface area contributed by atoms with Crippen molar-refractivity contribution in [2.24, 2.45) is 0 Å². The lowest BCUT2D eigenvalue weighted by atomic mass is 10.0. The lowest BCUT2D eigenvalue weighted by molar-refractivity contribution is -0.163. The Labute approximate surface area is 397 Å². The molecular formula is C59H104O5. The van der Waals surface area contributed by atoms with Gasteiger partial charge in [-0.15, -0.1) is 0 Å². The van der Waals surface area contributed by atoms with E-state index in [2.05, 4.69) is 93.7 Å². The molecule has 0 aliphatic carbocycles. The maximum atomic E-state index is 12.8. The number of hydrogen-bond acceptors (Lipinski definition) is 5. The molecule has 5 heteroatoms. The van der Waals surface area contributed by atoms with Crippen LogP contribution in [0.1, 0.15) is 265 Å². The first-order valence-corrected chi connectivity index (χ1v) is 27.5. The summed E-state index contributed by atoms with van der Waals surface area (Å²) in [6.45, 7) is 7.62. The monoisotopic (exact) mass is 893 g/mol. The minimum Gasteiger partial charge on any atom is -0.462 e. The van der Waals surface area contributed by atoms with Crippen molar-refractivity contribution < 1.29 is 23.8 Å². The molecule has 370 valence electrons. The highest BCUT2D eigenvalue weighted by Crippen LogP contribution is 2.15. The normalized spacial score (nSPS) is 12.7. The van der Waals surface area contributed by atoms with Gasteiger partial charge in [0, 0.05) is 19.4 Å². The van der Waals surface area contributed by atoms with E-state index in [1.807, 2.05) is 0 Å². The highest BCUT2D eigenvalue weighted by Gasteiger charge is 2.17. The smallest absolute Gasteiger partial charge is 0.306 e. The van der Waals surface area contributed by atoms with Crippen LogP contribution < -0.4 is 0 Å². The van der Waals surface area contributed by atoms with Gasteiger partial charge >= 0.3 is 11.9 Å². The molecular weight excluding hydrogens is 789 g/mol. The van der Waals surface area contributed by atoms with Crippen LogP contribution in [0.2, 0.25) is 0 Å². The quantitative estimate of drug-likeness (QED) is 0.0346. The van der Waals surface area contributed by atoms with E-state index < -0.39 is 6.10 Å². The van der Waals surface area contributed by atoms with Gasteiger partial charge in [-0.2, -0.15) is 0 Å². The van der Waals surface area contributed by atoms with Gasteiger partial charge in [0.25, 0.3) is 0 Å². The second kappa shape index (κ2) is 54.7. The zero-order chi connectivity index (χ0) is 46.3. The van der Waals surface area contributed by atoms with E-state index in [1.54, 1.807) is 0 Å². The van der Waals surface area contributed by atoms with Crippen molar-refractivity contribution in [2.75, 3.05) is 19.8 Å². The van der Waals surface area contributed by atoms with E-state index in [9.17, 15) is 9.59 Å². The van der Waals surface area contributed by atoms with E-state index in [4.69, 9.17) is 14.2 Å². The number of rotatable bonds is 50. The molecule has 0 spiro atoms. The number of hydrogen-bond donors (Lipinski definition) is 0. The topological polar surface area (TPSA) is 61.8 Å². The van der Waals surface area contributed by atoms with Crippen LogP contribution >= 0.6 is 0 Å². The number of allylic oxidation sites excluding steroid dienone is 12. The van der Waals surface area contributed by atoms with E-state index in [-0.39, 0.29) is 25.2 Å². The van der Waals surface area contributed by atoms with Gasteiger partial charge in [-0.05, 0) is 89.9 Å². The summed E-state index contributed by atoms with van der Waals surface area (Å²) in [4.78, 5) is 25.4. The Hall–Kier alpha value is -2.66.